The van der Waals surface area contributed by atoms with Crippen molar-refractivity contribution in [1.29, 1.82) is 0 Å². The minimum Gasteiger partial charge on any atom is -0.347 e. The fourth-order valence-corrected chi connectivity index (χ4v) is 2.98. The average molecular weight is 351 g/mol. The third-order valence-electron chi connectivity index (χ3n) is 4.07. The number of nitrogens with zero attached hydrogens (tertiary/aromatic N) is 2. The first-order valence-corrected chi connectivity index (χ1v) is 7.85. The van der Waals surface area contributed by atoms with Gasteiger partial charge in [0.2, 0.25) is 5.91 Å². The summed E-state index contributed by atoms with van der Waals surface area (Å²) in [5, 5.41) is 5.89. The van der Waals surface area contributed by atoms with Gasteiger partial charge < -0.3 is 15.2 Å². The number of carbonyl (C=O) groups excluding carboxylic acids is 2. The molecule has 2 amide bonds. The van der Waals surface area contributed by atoms with E-state index in [1.165, 1.54) is 12.1 Å². The highest BCUT2D eigenvalue weighted by atomic mass is 35.5. The number of rotatable bonds is 3. The van der Waals surface area contributed by atoms with Gasteiger partial charge in [-0.05, 0) is 24.6 Å². The molecule has 1 aliphatic heterocycles. The van der Waals surface area contributed by atoms with E-state index in [1.807, 2.05) is 0 Å². The average Bonchev–Trinajstić information content (AvgIpc) is 2.95. The van der Waals surface area contributed by atoms with Crippen molar-refractivity contribution in [2.24, 2.45) is 7.05 Å². The Morgan fingerprint density at radius 3 is 2.96 bits per heavy atom. The molecule has 1 aromatic carbocycles. The van der Waals surface area contributed by atoms with E-state index >= 15 is 0 Å². The van der Waals surface area contributed by atoms with Crippen LogP contribution < -0.4 is 10.6 Å². The summed E-state index contributed by atoms with van der Waals surface area (Å²) in [5.74, 6) is -1.32. The van der Waals surface area contributed by atoms with Crippen molar-refractivity contribution >= 4 is 23.4 Å². The molecule has 1 saturated heterocycles. The quantitative estimate of drug-likeness (QED) is 0.888. The predicted octanol–water partition coefficient (Wildman–Crippen LogP) is 1.96. The Morgan fingerprint density at radius 2 is 2.29 bits per heavy atom. The van der Waals surface area contributed by atoms with Crippen LogP contribution in [-0.2, 0) is 11.8 Å². The second kappa shape index (κ2) is 6.60. The van der Waals surface area contributed by atoms with Gasteiger partial charge in [-0.1, -0.05) is 11.6 Å². The summed E-state index contributed by atoms with van der Waals surface area (Å²) in [6.07, 6.45) is 4.01. The van der Waals surface area contributed by atoms with E-state index in [0.717, 1.165) is 11.8 Å². The third-order valence-corrected chi connectivity index (χ3v) is 4.30. The van der Waals surface area contributed by atoms with Gasteiger partial charge in [-0.25, -0.2) is 9.37 Å². The Labute approximate surface area is 143 Å². The van der Waals surface area contributed by atoms with Crippen LogP contribution in [0.2, 0.25) is 5.02 Å². The van der Waals surface area contributed by atoms with Crippen molar-refractivity contribution in [2.45, 2.75) is 24.9 Å². The van der Waals surface area contributed by atoms with Crippen molar-refractivity contribution in [3.05, 3.63) is 52.8 Å². The molecule has 8 heteroatoms. The van der Waals surface area contributed by atoms with Gasteiger partial charge in [0.1, 0.15) is 5.82 Å². The van der Waals surface area contributed by atoms with Crippen molar-refractivity contribution < 1.29 is 14.0 Å². The lowest BCUT2D eigenvalue weighted by atomic mass is 9.95. The molecule has 1 aromatic heterocycles. The fraction of sp³-hybridized carbons (Fsp3) is 0.312. The number of carbonyl (C=O) groups is 2. The van der Waals surface area contributed by atoms with Crippen LogP contribution in [0.1, 0.15) is 34.9 Å². The number of benzene rings is 1. The number of hydrogen-bond donors (Lipinski definition) is 2. The zero-order chi connectivity index (χ0) is 17.3. The number of hydrogen-bond acceptors (Lipinski definition) is 3. The maximum Gasteiger partial charge on any atom is 0.254 e. The molecular formula is C16H16ClFN4O2. The number of amides is 2. The van der Waals surface area contributed by atoms with E-state index in [2.05, 4.69) is 15.6 Å². The Morgan fingerprint density at radius 1 is 1.50 bits per heavy atom. The fourth-order valence-electron chi connectivity index (χ4n) is 2.82. The monoisotopic (exact) mass is 350 g/mol. The zero-order valence-corrected chi connectivity index (χ0v) is 13.7. The SMILES string of the molecule is Cn1cncc1[C@@H]1NC(=O)CC[C@H]1NC(=O)c1ccc(Cl)cc1F. The number of aromatic nitrogens is 2. The lowest BCUT2D eigenvalue weighted by Crippen LogP contribution is -2.50. The summed E-state index contributed by atoms with van der Waals surface area (Å²) in [4.78, 5) is 28.2. The maximum absolute atomic E-state index is 13.9. The normalized spacial score (nSPS) is 20.5. The number of halogens is 2. The first-order valence-electron chi connectivity index (χ1n) is 7.47. The lowest BCUT2D eigenvalue weighted by molar-refractivity contribution is -0.123. The number of aryl methyl sites for hydroxylation is 1. The first-order chi connectivity index (χ1) is 11.5. The Balaban J connectivity index is 1.82. The zero-order valence-electron chi connectivity index (χ0n) is 12.9. The highest BCUT2D eigenvalue weighted by Gasteiger charge is 2.33. The topological polar surface area (TPSA) is 76.0 Å². The van der Waals surface area contributed by atoms with Gasteiger partial charge in [-0.15, -0.1) is 0 Å². The minimum absolute atomic E-state index is 0.0833. The second-order valence-electron chi connectivity index (χ2n) is 5.72. The summed E-state index contributed by atoms with van der Waals surface area (Å²) in [7, 11) is 1.81. The van der Waals surface area contributed by atoms with Crippen LogP contribution in [0.25, 0.3) is 0 Å². The highest BCUT2D eigenvalue weighted by molar-refractivity contribution is 6.30. The molecule has 0 unspecified atom stereocenters. The van der Waals surface area contributed by atoms with Gasteiger partial charge >= 0.3 is 0 Å². The first kappa shape index (κ1) is 16.4. The molecular weight excluding hydrogens is 335 g/mol. The van der Waals surface area contributed by atoms with Gasteiger partial charge in [0.15, 0.2) is 0 Å². The van der Waals surface area contributed by atoms with Crippen molar-refractivity contribution in [1.82, 2.24) is 20.2 Å². The molecule has 24 heavy (non-hydrogen) atoms. The van der Waals surface area contributed by atoms with Gasteiger partial charge in [0.25, 0.3) is 5.91 Å². The summed E-state index contributed by atoms with van der Waals surface area (Å²) < 4.78 is 15.7. The maximum atomic E-state index is 13.9. The van der Waals surface area contributed by atoms with Gasteiger partial charge in [-0.3, -0.25) is 9.59 Å². The molecule has 126 valence electrons. The van der Waals surface area contributed by atoms with Gasteiger partial charge in [0, 0.05) is 18.5 Å². The molecule has 6 nitrogen and oxygen atoms in total. The van der Waals surface area contributed by atoms with Crippen LogP contribution in [-0.4, -0.2) is 27.4 Å². The van der Waals surface area contributed by atoms with E-state index in [4.69, 9.17) is 11.6 Å². The molecule has 0 bridgehead atoms. The molecule has 0 saturated carbocycles. The summed E-state index contributed by atoms with van der Waals surface area (Å²) in [5.41, 5.74) is 0.685. The lowest BCUT2D eigenvalue weighted by Gasteiger charge is -2.33. The molecule has 3 rings (SSSR count). The second-order valence-corrected chi connectivity index (χ2v) is 6.15. The van der Waals surface area contributed by atoms with Crippen LogP contribution in [0.4, 0.5) is 4.39 Å². The van der Waals surface area contributed by atoms with Crippen LogP contribution in [0.15, 0.2) is 30.7 Å². The summed E-state index contributed by atoms with van der Waals surface area (Å²) in [6.45, 7) is 0. The largest absolute Gasteiger partial charge is 0.347 e. The van der Waals surface area contributed by atoms with Crippen molar-refractivity contribution in [3.8, 4) is 0 Å². The van der Waals surface area contributed by atoms with E-state index in [-0.39, 0.29) is 22.5 Å². The molecule has 0 aliphatic carbocycles. The summed E-state index contributed by atoms with van der Waals surface area (Å²) >= 11 is 5.71. The summed E-state index contributed by atoms with van der Waals surface area (Å²) in [6, 6.07) is 3.12. The highest BCUT2D eigenvalue weighted by Crippen LogP contribution is 2.24. The smallest absolute Gasteiger partial charge is 0.254 e. The van der Waals surface area contributed by atoms with Crippen molar-refractivity contribution in [3.63, 3.8) is 0 Å². The molecule has 1 aliphatic rings. The third kappa shape index (κ3) is 3.26. The molecule has 0 spiro atoms. The molecule has 2 N–H and O–H groups in total. The van der Waals surface area contributed by atoms with Crippen LogP contribution in [0.5, 0.6) is 0 Å². The number of piperidine rings is 1. The van der Waals surface area contributed by atoms with Gasteiger partial charge in [-0.2, -0.15) is 0 Å². The molecule has 2 aromatic rings. The number of imidazole rings is 1. The van der Waals surface area contributed by atoms with Crippen LogP contribution in [0.3, 0.4) is 0 Å². The Kier molecular flexibility index (Phi) is 4.53. The Hall–Kier alpha value is -2.41. The molecule has 2 heterocycles. The van der Waals surface area contributed by atoms with E-state index in [1.54, 1.807) is 24.1 Å². The predicted molar refractivity (Wildman–Crippen MR) is 86.0 cm³/mol. The Bertz CT molecular complexity index is 792. The van der Waals surface area contributed by atoms with Gasteiger partial charge in [0.05, 0.1) is 35.9 Å². The molecule has 0 radical (unpaired) electrons. The van der Waals surface area contributed by atoms with Crippen LogP contribution >= 0.6 is 11.6 Å². The number of nitrogens with one attached hydrogen (secondary N) is 2. The van der Waals surface area contributed by atoms with Crippen LogP contribution in [0, 0.1) is 5.82 Å². The molecule has 2 atom stereocenters. The van der Waals surface area contributed by atoms with E-state index in [9.17, 15) is 14.0 Å². The molecule has 1 fully saturated rings. The standard InChI is InChI=1S/C16H16ClFN4O2/c1-22-8-19-7-13(22)15-12(4-5-14(23)21-15)20-16(24)10-3-2-9(17)6-11(10)18/h2-3,6-8,12,15H,4-5H2,1H3,(H,20,24)(H,21,23)/t12-,15-/m1/s1. The van der Waals surface area contributed by atoms with E-state index < -0.39 is 17.8 Å². The van der Waals surface area contributed by atoms with Crippen molar-refractivity contribution in [2.75, 3.05) is 0 Å². The minimum atomic E-state index is -0.683. The van der Waals surface area contributed by atoms with E-state index in [0.29, 0.717) is 12.8 Å².